The zero-order valence-corrected chi connectivity index (χ0v) is 11.0. The Kier molecular flexibility index (Phi) is 5.28. The van der Waals surface area contributed by atoms with Gasteiger partial charge < -0.3 is 16.2 Å². The molecule has 1 atom stereocenters. The zero-order valence-electron chi connectivity index (χ0n) is 11.0. The molecule has 1 aromatic heterocycles. The Bertz CT molecular complexity index is 349. The highest BCUT2D eigenvalue weighted by Crippen LogP contribution is 2.24. The smallest absolute Gasteiger partial charge is 0.147 e. The number of nitrogen functional groups attached to an aromatic ring is 1. The minimum Gasteiger partial charge on any atom is -0.396 e. The van der Waals surface area contributed by atoms with Crippen molar-refractivity contribution in [1.29, 1.82) is 0 Å². The van der Waals surface area contributed by atoms with Gasteiger partial charge in [0.05, 0.1) is 11.4 Å². The van der Waals surface area contributed by atoms with Crippen LogP contribution in [0.25, 0.3) is 0 Å². The van der Waals surface area contributed by atoms with Crippen molar-refractivity contribution in [3.63, 3.8) is 0 Å². The van der Waals surface area contributed by atoms with Crippen LogP contribution in [0.3, 0.4) is 0 Å². The third kappa shape index (κ3) is 3.36. The molecule has 0 aliphatic heterocycles. The Morgan fingerprint density at radius 3 is 2.71 bits per heavy atom. The number of hydrogen-bond acceptors (Lipinski definition) is 4. The molecule has 0 radical (unpaired) electrons. The summed E-state index contributed by atoms with van der Waals surface area (Å²) in [7, 11) is 1.89. The van der Waals surface area contributed by atoms with Crippen LogP contribution in [0.5, 0.6) is 0 Å². The second-order valence-corrected chi connectivity index (χ2v) is 4.34. The fourth-order valence-electron chi connectivity index (χ4n) is 1.92. The minimum atomic E-state index is 0.186. The Labute approximate surface area is 103 Å². The van der Waals surface area contributed by atoms with Crippen molar-refractivity contribution in [3.8, 4) is 0 Å². The van der Waals surface area contributed by atoms with E-state index in [2.05, 4.69) is 24.3 Å². The number of nitrogens with zero attached hydrogens (tertiary/aromatic N) is 2. The summed E-state index contributed by atoms with van der Waals surface area (Å²) in [6.07, 6.45) is 3.62. The summed E-state index contributed by atoms with van der Waals surface area (Å²) in [6, 6.07) is 0.243. The monoisotopic (exact) mass is 240 g/mol. The lowest BCUT2D eigenvalue weighted by Crippen LogP contribution is -2.22. The van der Waals surface area contributed by atoms with Crippen LogP contribution >= 0.6 is 0 Å². The van der Waals surface area contributed by atoms with E-state index in [1.807, 2.05) is 7.05 Å². The SMILES string of the molecule is CCCc1nn(C)c(NC(CC)CCO)c1N. The van der Waals surface area contributed by atoms with Gasteiger partial charge in [0.1, 0.15) is 5.82 Å². The summed E-state index contributed by atoms with van der Waals surface area (Å²) in [4.78, 5) is 0. The molecule has 4 N–H and O–H groups in total. The molecular formula is C12H24N4O. The van der Waals surface area contributed by atoms with Crippen LogP contribution in [0, 0.1) is 0 Å². The molecule has 1 aromatic rings. The summed E-state index contributed by atoms with van der Waals surface area (Å²) >= 11 is 0. The fourth-order valence-corrected chi connectivity index (χ4v) is 1.92. The van der Waals surface area contributed by atoms with Gasteiger partial charge in [-0.3, -0.25) is 4.68 Å². The molecule has 0 saturated heterocycles. The number of aliphatic hydroxyl groups excluding tert-OH is 1. The summed E-state index contributed by atoms with van der Waals surface area (Å²) in [5, 5.41) is 16.8. The first kappa shape index (κ1) is 13.8. The maximum atomic E-state index is 8.98. The van der Waals surface area contributed by atoms with E-state index in [1.54, 1.807) is 4.68 Å². The maximum Gasteiger partial charge on any atom is 0.147 e. The molecule has 1 rings (SSSR count). The predicted octanol–water partition coefficient (Wildman–Crippen LogP) is 1.53. The van der Waals surface area contributed by atoms with Crippen LogP contribution in [-0.4, -0.2) is 27.5 Å². The average Bonchev–Trinajstić information content (AvgIpc) is 2.56. The molecular weight excluding hydrogens is 216 g/mol. The standard InChI is InChI=1S/C12H24N4O/c1-4-6-10-11(13)12(16(3)15-10)14-9(5-2)7-8-17/h9,14,17H,4-8,13H2,1-3H3. The second kappa shape index (κ2) is 6.49. The number of nitrogens with two attached hydrogens (primary N) is 1. The lowest BCUT2D eigenvalue weighted by molar-refractivity contribution is 0.278. The highest BCUT2D eigenvalue weighted by Gasteiger charge is 2.15. The highest BCUT2D eigenvalue weighted by atomic mass is 16.3. The van der Waals surface area contributed by atoms with E-state index >= 15 is 0 Å². The van der Waals surface area contributed by atoms with E-state index in [1.165, 1.54) is 0 Å². The number of anilines is 2. The van der Waals surface area contributed by atoms with Gasteiger partial charge in [0, 0.05) is 19.7 Å². The molecule has 98 valence electrons. The Hall–Kier alpha value is -1.23. The van der Waals surface area contributed by atoms with E-state index in [0.717, 1.165) is 42.9 Å². The first-order valence-electron chi connectivity index (χ1n) is 6.32. The molecule has 0 spiro atoms. The number of aliphatic hydroxyl groups is 1. The van der Waals surface area contributed by atoms with Crippen LogP contribution in [0.4, 0.5) is 11.5 Å². The van der Waals surface area contributed by atoms with Crippen molar-refractivity contribution in [2.75, 3.05) is 17.7 Å². The van der Waals surface area contributed by atoms with Crippen molar-refractivity contribution >= 4 is 11.5 Å². The molecule has 0 saturated carbocycles. The van der Waals surface area contributed by atoms with Crippen LogP contribution in [0.2, 0.25) is 0 Å². The molecule has 1 heterocycles. The van der Waals surface area contributed by atoms with Crippen LogP contribution in [0.15, 0.2) is 0 Å². The van der Waals surface area contributed by atoms with Gasteiger partial charge >= 0.3 is 0 Å². The van der Waals surface area contributed by atoms with Gasteiger partial charge in [-0.25, -0.2) is 0 Å². The van der Waals surface area contributed by atoms with Crippen molar-refractivity contribution in [2.45, 2.75) is 45.6 Å². The molecule has 0 aliphatic carbocycles. The van der Waals surface area contributed by atoms with Gasteiger partial charge in [0.2, 0.25) is 0 Å². The number of hydrogen-bond donors (Lipinski definition) is 3. The molecule has 0 aliphatic rings. The summed E-state index contributed by atoms with van der Waals surface area (Å²) < 4.78 is 1.79. The highest BCUT2D eigenvalue weighted by molar-refractivity contribution is 5.65. The van der Waals surface area contributed by atoms with Crippen molar-refractivity contribution in [1.82, 2.24) is 9.78 Å². The largest absolute Gasteiger partial charge is 0.396 e. The van der Waals surface area contributed by atoms with Gasteiger partial charge in [-0.1, -0.05) is 20.3 Å². The van der Waals surface area contributed by atoms with Crippen LogP contribution in [-0.2, 0) is 13.5 Å². The van der Waals surface area contributed by atoms with E-state index in [0.29, 0.717) is 0 Å². The minimum absolute atomic E-state index is 0.186. The van der Waals surface area contributed by atoms with Gasteiger partial charge in [-0.15, -0.1) is 0 Å². The molecule has 0 amide bonds. The van der Waals surface area contributed by atoms with Gasteiger partial charge in [0.15, 0.2) is 0 Å². The van der Waals surface area contributed by atoms with Crippen LogP contribution in [0.1, 0.15) is 38.8 Å². The van der Waals surface area contributed by atoms with Crippen molar-refractivity contribution < 1.29 is 5.11 Å². The maximum absolute atomic E-state index is 8.98. The number of aromatic nitrogens is 2. The van der Waals surface area contributed by atoms with E-state index in [9.17, 15) is 0 Å². The quantitative estimate of drug-likeness (QED) is 0.675. The molecule has 0 bridgehead atoms. The van der Waals surface area contributed by atoms with Crippen molar-refractivity contribution in [3.05, 3.63) is 5.69 Å². The Morgan fingerprint density at radius 2 is 2.18 bits per heavy atom. The van der Waals surface area contributed by atoms with Crippen molar-refractivity contribution in [2.24, 2.45) is 7.05 Å². The molecule has 5 nitrogen and oxygen atoms in total. The third-order valence-corrected chi connectivity index (χ3v) is 2.96. The molecule has 0 aromatic carbocycles. The predicted molar refractivity (Wildman–Crippen MR) is 71.0 cm³/mol. The zero-order chi connectivity index (χ0) is 12.8. The van der Waals surface area contributed by atoms with Gasteiger partial charge in [0.25, 0.3) is 0 Å². The van der Waals surface area contributed by atoms with Crippen LogP contribution < -0.4 is 11.1 Å². The molecule has 1 unspecified atom stereocenters. The topological polar surface area (TPSA) is 76.1 Å². The third-order valence-electron chi connectivity index (χ3n) is 2.96. The fraction of sp³-hybridized carbons (Fsp3) is 0.750. The number of aryl methyl sites for hydroxylation is 2. The molecule has 17 heavy (non-hydrogen) atoms. The summed E-state index contributed by atoms with van der Waals surface area (Å²) in [6.45, 7) is 4.39. The summed E-state index contributed by atoms with van der Waals surface area (Å²) in [5.74, 6) is 0.869. The normalized spacial score (nSPS) is 12.7. The van der Waals surface area contributed by atoms with E-state index in [4.69, 9.17) is 10.8 Å². The lowest BCUT2D eigenvalue weighted by atomic mass is 10.1. The number of rotatable bonds is 7. The number of nitrogens with one attached hydrogen (secondary N) is 1. The summed E-state index contributed by atoms with van der Waals surface area (Å²) in [5.41, 5.74) is 7.78. The van der Waals surface area contributed by atoms with Gasteiger partial charge in [-0.05, 0) is 19.3 Å². The first-order chi connectivity index (χ1) is 8.13. The second-order valence-electron chi connectivity index (χ2n) is 4.34. The lowest BCUT2D eigenvalue weighted by Gasteiger charge is -2.17. The Morgan fingerprint density at radius 1 is 1.47 bits per heavy atom. The van der Waals surface area contributed by atoms with E-state index < -0.39 is 0 Å². The average molecular weight is 240 g/mol. The molecule has 0 fully saturated rings. The molecule has 5 heteroatoms. The van der Waals surface area contributed by atoms with E-state index in [-0.39, 0.29) is 12.6 Å². The van der Waals surface area contributed by atoms with Gasteiger partial charge in [-0.2, -0.15) is 5.10 Å². The Balaban J connectivity index is 2.82. The first-order valence-corrected chi connectivity index (χ1v) is 6.32.